The first kappa shape index (κ1) is 31.8. The molecule has 0 unspecified atom stereocenters. The summed E-state index contributed by atoms with van der Waals surface area (Å²) < 4.78 is 23.6. The molecule has 2 aromatic heterocycles. The number of esters is 1. The van der Waals surface area contributed by atoms with Gasteiger partial charge >= 0.3 is 12.1 Å². The van der Waals surface area contributed by atoms with Crippen LogP contribution >= 0.6 is 0 Å². The number of amides is 1. The Morgan fingerprint density at radius 2 is 1.80 bits per heavy atom. The highest BCUT2D eigenvalue weighted by atomic mass is 28.4. The largest absolute Gasteiger partial charge is 0.496 e. The summed E-state index contributed by atoms with van der Waals surface area (Å²) in [5.41, 5.74) is 2.99. The number of fused-ring (bicyclic) bond motifs is 1. The minimum atomic E-state index is -2.12. The monoisotopic (exact) mass is 586 g/mol. The molecular formula is C28H42N6O6Si. The van der Waals surface area contributed by atoms with Crippen LogP contribution in [0.15, 0.2) is 18.2 Å². The van der Waals surface area contributed by atoms with Crippen molar-refractivity contribution < 1.29 is 28.2 Å². The Kier molecular flexibility index (Phi) is 10.3. The van der Waals surface area contributed by atoms with Gasteiger partial charge in [0, 0.05) is 12.1 Å². The van der Waals surface area contributed by atoms with Crippen molar-refractivity contribution in [2.24, 2.45) is 0 Å². The van der Waals surface area contributed by atoms with Gasteiger partial charge in [0.15, 0.2) is 14.1 Å². The van der Waals surface area contributed by atoms with Crippen LogP contribution in [0, 0.1) is 0 Å². The van der Waals surface area contributed by atoms with E-state index >= 15 is 0 Å². The van der Waals surface area contributed by atoms with Crippen LogP contribution in [0.2, 0.25) is 18.1 Å². The van der Waals surface area contributed by atoms with Crippen molar-refractivity contribution in [3.63, 3.8) is 0 Å². The number of unbranched alkanes of at least 4 members (excludes halogenated alkanes) is 1. The highest BCUT2D eigenvalue weighted by Gasteiger charge is 2.37. The lowest BCUT2D eigenvalue weighted by atomic mass is 10.1. The smallest absolute Gasteiger partial charge is 0.413 e. The zero-order valence-corrected chi connectivity index (χ0v) is 26.5. The number of nitrogens with one attached hydrogen (secondary N) is 2. The molecule has 1 amide bonds. The lowest BCUT2D eigenvalue weighted by Crippen LogP contribution is -2.40. The zero-order chi connectivity index (χ0) is 30.4. The molecule has 0 aliphatic heterocycles. The van der Waals surface area contributed by atoms with Gasteiger partial charge in [-0.1, -0.05) is 40.2 Å². The molecule has 0 saturated carbocycles. The van der Waals surface area contributed by atoms with Gasteiger partial charge in [-0.15, -0.1) is 0 Å². The van der Waals surface area contributed by atoms with Crippen molar-refractivity contribution in [2.75, 3.05) is 38.5 Å². The number of nitrogens with zero attached hydrogens (tertiary/aromatic N) is 4. The van der Waals surface area contributed by atoms with Gasteiger partial charge in [0.2, 0.25) is 5.95 Å². The normalized spacial score (nSPS) is 11.8. The molecule has 0 fully saturated rings. The third kappa shape index (κ3) is 7.53. The lowest BCUT2D eigenvalue weighted by Gasteiger charge is -2.35. The van der Waals surface area contributed by atoms with Crippen molar-refractivity contribution in [3.8, 4) is 5.75 Å². The van der Waals surface area contributed by atoms with Crippen LogP contribution in [0.3, 0.4) is 0 Å². The van der Waals surface area contributed by atoms with Crippen molar-refractivity contribution in [1.29, 1.82) is 0 Å². The van der Waals surface area contributed by atoms with Gasteiger partial charge in [-0.25, -0.2) is 14.6 Å². The molecule has 12 nitrogen and oxygen atoms in total. The number of ether oxygens (including phenoxy) is 3. The molecule has 13 heteroatoms. The third-order valence-corrected chi connectivity index (χ3v) is 11.8. The summed E-state index contributed by atoms with van der Waals surface area (Å²) in [6, 6.07) is 5.14. The molecule has 1 aromatic carbocycles. The predicted octanol–water partition coefficient (Wildman–Crippen LogP) is 5.58. The molecule has 224 valence electrons. The molecule has 2 N–H and O–H groups in total. The van der Waals surface area contributed by atoms with E-state index in [2.05, 4.69) is 61.4 Å². The van der Waals surface area contributed by atoms with E-state index < -0.39 is 20.4 Å². The molecule has 41 heavy (non-hydrogen) atoms. The van der Waals surface area contributed by atoms with Gasteiger partial charge in [-0.2, -0.15) is 10.1 Å². The van der Waals surface area contributed by atoms with Gasteiger partial charge in [0.05, 0.1) is 40.0 Å². The molecule has 0 spiro atoms. The number of hydrogen-bond donors (Lipinski definition) is 2. The topological polar surface area (TPSA) is 139 Å². The number of carbonyl (C=O) groups is 2. The zero-order valence-electron chi connectivity index (χ0n) is 25.5. The van der Waals surface area contributed by atoms with E-state index in [1.165, 1.54) is 14.2 Å². The van der Waals surface area contributed by atoms with Crippen molar-refractivity contribution in [3.05, 3.63) is 35.0 Å². The maximum absolute atomic E-state index is 12.1. The molecule has 0 aliphatic carbocycles. The summed E-state index contributed by atoms with van der Waals surface area (Å²) in [5, 5.41) is 10.9. The van der Waals surface area contributed by atoms with Crippen molar-refractivity contribution in [2.45, 2.75) is 71.8 Å². The summed E-state index contributed by atoms with van der Waals surface area (Å²) in [4.78, 5) is 33.4. The van der Waals surface area contributed by atoms with Crippen LogP contribution in [-0.2, 0) is 27.1 Å². The third-order valence-electron chi connectivity index (χ3n) is 7.28. The van der Waals surface area contributed by atoms with Gasteiger partial charge in [0.25, 0.3) is 0 Å². The Hall–Kier alpha value is -3.71. The van der Waals surface area contributed by atoms with Gasteiger partial charge < -0.3 is 24.0 Å². The molecule has 3 rings (SSSR count). The quantitative estimate of drug-likeness (QED) is 0.157. The minimum absolute atomic E-state index is 0.000425. The summed E-state index contributed by atoms with van der Waals surface area (Å²) in [5.74, 6) is 0.675. The Balaban J connectivity index is 2.17. The number of hydrogen-bond acceptors (Lipinski definition) is 10. The predicted molar refractivity (Wildman–Crippen MR) is 160 cm³/mol. The fraction of sp³-hybridized carbons (Fsp3) is 0.536. The van der Waals surface area contributed by atoms with Crippen LogP contribution < -0.4 is 15.4 Å². The van der Waals surface area contributed by atoms with E-state index in [-0.39, 0.29) is 17.6 Å². The summed E-state index contributed by atoms with van der Waals surface area (Å²) in [6.07, 6.45) is 1.23. The number of aromatic nitrogens is 4. The summed E-state index contributed by atoms with van der Waals surface area (Å²) >= 11 is 0. The molecular weight excluding hydrogens is 544 g/mol. The first-order valence-corrected chi connectivity index (χ1v) is 16.5. The second-order valence-electron chi connectivity index (χ2n) is 11.2. The fourth-order valence-corrected chi connectivity index (χ4v) is 4.74. The first-order valence-electron chi connectivity index (χ1n) is 13.6. The number of benzene rings is 1. The van der Waals surface area contributed by atoms with Gasteiger partial charge in [-0.3, -0.25) is 10.00 Å². The number of methoxy groups -OCH3 is 3. The Morgan fingerprint density at radius 3 is 2.41 bits per heavy atom. The molecule has 0 aliphatic rings. The van der Waals surface area contributed by atoms with E-state index in [0.717, 1.165) is 18.4 Å². The maximum atomic E-state index is 12.1. The van der Waals surface area contributed by atoms with Gasteiger partial charge in [-0.05, 0) is 36.7 Å². The van der Waals surface area contributed by atoms with Crippen molar-refractivity contribution in [1.82, 2.24) is 19.7 Å². The molecule has 0 atom stereocenters. The number of anilines is 2. The Morgan fingerprint density at radius 1 is 1.07 bits per heavy atom. The van der Waals surface area contributed by atoms with Crippen LogP contribution in [0.4, 0.5) is 16.6 Å². The second-order valence-corrected chi connectivity index (χ2v) is 16.0. The summed E-state index contributed by atoms with van der Waals surface area (Å²) in [7, 11) is 2.04. The highest BCUT2D eigenvalue weighted by Crippen LogP contribution is 2.38. The average Bonchev–Trinajstić information content (AvgIpc) is 3.28. The van der Waals surface area contributed by atoms with Gasteiger partial charge in [0.1, 0.15) is 22.5 Å². The molecule has 0 radical (unpaired) electrons. The molecule has 2 heterocycles. The maximum Gasteiger partial charge on any atom is 0.413 e. The fourth-order valence-electron chi connectivity index (χ4n) is 3.81. The van der Waals surface area contributed by atoms with Crippen LogP contribution in [0.5, 0.6) is 5.75 Å². The van der Waals surface area contributed by atoms with E-state index in [9.17, 15) is 9.59 Å². The molecule has 0 saturated heterocycles. The summed E-state index contributed by atoms with van der Waals surface area (Å²) in [6.45, 7) is 14.2. The molecule has 0 bridgehead atoms. The highest BCUT2D eigenvalue weighted by molar-refractivity contribution is 6.74. The SMILES string of the molecule is CCCCNc1nc(NC(=O)OC)nc2c(CO[Si](C)(C)C(C)(C)C)nn(Cc3ccc(C(=O)OC)cc3OC)c12. The Labute approximate surface area is 242 Å². The Bertz CT molecular complexity index is 1380. The minimum Gasteiger partial charge on any atom is -0.496 e. The second kappa shape index (κ2) is 13.3. The van der Waals surface area contributed by atoms with Crippen LogP contribution in [0.25, 0.3) is 11.0 Å². The number of carbonyl (C=O) groups excluding carboxylic acids is 2. The lowest BCUT2D eigenvalue weighted by molar-refractivity contribution is 0.0600. The first-order chi connectivity index (χ1) is 19.3. The number of rotatable bonds is 12. The van der Waals surface area contributed by atoms with Crippen LogP contribution in [0.1, 0.15) is 62.2 Å². The van der Waals surface area contributed by atoms with Crippen LogP contribution in [-0.4, -0.2) is 68.0 Å². The molecule has 3 aromatic rings. The van der Waals surface area contributed by atoms with E-state index in [4.69, 9.17) is 23.7 Å². The average molecular weight is 587 g/mol. The van der Waals surface area contributed by atoms with E-state index in [0.29, 0.717) is 46.9 Å². The van der Waals surface area contributed by atoms with Crippen molar-refractivity contribution >= 4 is 43.2 Å². The van der Waals surface area contributed by atoms with E-state index in [1.807, 2.05) is 6.07 Å². The van der Waals surface area contributed by atoms with E-state index in [1.54, 1.807) is 23.9 Å². The standard InChI is InChI=1S/C28H42N6O6Si/c1-10-11-14-29-24-23-22(30-26(31-24)32-27(36)39-7)20(17-40-41(8,9)28(2,3)4)33-34(23)16-19-13-12-18(25(35)38-6)15-21(19)37-5/h12-13,15H,10-11,14,16-17H2,1-9H3,(H2,29,30,31,32,36).